The fourth-order valence-electron chi connectivity index (χ4n) is 8.19. The minimum atomic E-state index is 0.655. The molecule has 0 bridgehead atoms. The summed E-state index contributed by atoms with van der Waals surface area (Å²) in [5.41, 5.74) is 0. The van der Waals surface area contributed by atoms with Gasteiger partial charge < -0.3 is 0 Å². The van der Waals surface area contributed by atoms with Crippen LogP contribution in [0, 0.1) is 23.7 Å². The van der Waals surface area contributed by atoms with Crippen molar-refractivity contribution in [3.8, 4) is 0 Å². The molecule has 256 valence electrons. The second-order valence-electron chi connectivity index (χ2n) is 14.3. The first kappa shape index (κ1) is 40.8. The minimum absolute atomic E-state index is 0.655. The molecule has 4 nitrogen and oxygen atoms in total. The predicted octanol–water partition coefficient (Wildman–Crippen LogP) is 12.9. The number of unbranched alkanes of at least 4 members (excludes halogenated alkanes) is 20. The topological polar surface area (TPSA) is 58.9 Å². The molecule has 0 aromatic heterocycles. The smallest absolute Gasteiger partial charge is 0.211 e. The maximum Gasteiger partial charge on any atom is 0.234 e. The normalized spacial score (nSPS) is 19.9. The molecule has 4 unspecified atom stereocenters. The molecule has 4 atom stereocenters. The van der Waals surface area contributed by atoms with Crippen molar-refractivity contribution in [3.05, 3.63) is 0 Å². The number of hydrogen-bond acceptors (Lipinski definition) is 4. The Labute approximate surface area is 274 Å². The number of aliphatic imine (C=N–C) groups is 2. The lowest BCUT2D eigenvalue weighted by Crippen LogP contribution is -2.35. The van der Waals surface area contributed by atoms with Crippen LogP contribution in [-0.2, 0) is 9.59 Å². The summed E-state index contributed by atoms with van der Waals surface area (Å²) in [4.78, 5) is 28.0. The second kappa shape index (κ2) is 31.7. The lowest BCUT2D eigenvalue weighted by atomic mass is 9.61. The Balaban J connectivity index is 2.72. The molecule has 0 aromatic carbocycles. The monoisotopic (exact) mass is 615 g/mol. The zero-order valence-corrected chi connectivity index (χ0v) is 29.6. The number of carbonyl (C=O) groups excluding carboxylic acids is 2. The van der Waals surface area contributed by atoms with Gasteiger partial charge in [-0.1, -0.05) is 168 Å². The van der Waals surface area contributed by atoms with Crippen LogP contribution in [0.2, 0.25) is 0 Å². The third kappa shape index (κ3) is 22.3. The molecule has 0 heterocycles. The van der Waals surface area contributed by atoms with Crippen molar-refractivity contribution in [1.29, 1.82) is 0 Å². The predicted molar refractivity (Wildman–Crippen MR) is 190 cm³/mol. The van der Waals surface area contributed by atoms with Gasteiger partial charge in [0.2, 0.25) is 12.2 Å². The summed E-state index contributed by atoms with van der Waals surface area (Å²) in [6.07, 6.45) is 44.5. The summed E-state index contributed by atoms with van der Waals surface area (Å²) >= 11 is 0. The van der Waals surface area contributed by atoms with Gasteiger partial charge in [-0.05, 0) is 62.2 Å². The van der Waals surface area contributed by atoms with Gasteiger partial charge in [0, 0.05) is 0 Å². The Bertz CT molecular complexity index is 652. The summed E-state index contributed by atoms with van der Waals surface area (Å²) in [7, 11) is 0. The maximum atomic E-state index is 10.3. The van der Waals surface area contributed by atoms with Gasteiger partial charge in [0.1, 0.15) is 0 Å². The van der Waals surface area contributed by atoms with E-state index in [9.17, 15) is 9.59 Å². The second-order valence-corrected chi connectivity index (χ2v) is 14.3. The first-order valence-corrected chi connectivity index (χ1v) is 19.9. The molecule has 0 saturated heterocycles. The fraction of sp³-hybridized carbons (Fsp3) is 0.950. The van der Waals surface area contributed by atoms with Crippen LogP contribution in [0.3, 0.4) is 0 Å². The highest BCUT2D eigenvalue weighted by Crippen LogP contribution is 2.47. The van der Waals surface area contributed by atoms with Crippen LogP contribution in [0.15, 0.2) is 9.98 Å². The van der Waals surface area contributed by atoms with Crippen LogP contribution < -0.4 is 0 Å². The van der Waals surface area contributed by atoms with Crippen LogP contribution in [0.4, 0.5) is 0 Å². The molecular weight excluding hydrogens is 540 g/mol. The molecule has 4 heteroatoms. The summed E-state index contributed by atoms with van der Waals surface area (Å²) in [5.74, 6) is 3.83. The fourth-order valence-corrected chi connectivity index (χ4v) is 8.19. The molecule has 0 aliphatic heterocycles. The molecule has 0 amide bonds. The first-order chi connectivity index (χ1) is 21.8. The quantitative estimate of drug-likeness (QED) is 0.0430. The van der Waals surface area contributed by atoms with Crippen molar-refractivity contribution in [1.82, 2.24) is 0 Å². The Hall–Kier alpha value is -1.24. The Morgan fingerprint density at radius 2 is 0.705 bits per heavy atom. The highest BCUT2D eigenvalue weighted by Gasteiger charge is 2.37. The zero-order chi connectivity index (χ0) is 31.8. The molecule has 0 aromatic rings. The summed E-state index contributed by atoms with van der Waals surface area (Å²) in [5, 5.41) is 0. The summed E-state index contributed by atoms with van der Waals surface area (Å²) < 4.78 is 0. The van der Waals surface area contributed by atoms with Crippen molar-refractivity contribution in [2.45, 2.75) is 206 Å². The van der Waals surface area contributed by atoms with Crippen LogP contribution in [0.5, 0.6) is 0 Å². The lowest BCUT2D eigenvalue weighted by Gasteiger charge is -2.44. The van der Waals surface area contributed by atoms with Gasteiger partial charge in [-0.25, -0.2) is 19.6 Å². The van der Waals surface area contributed by atoms with Gasteiger partial charge in [0.05, 0.1) is 13.1 Å². The number of rotatable bonds is 32. The highest BCUT2D eigenvalue weighted by molar-refractivity contribution is 5.32. The van der Waals surface area contributed by atoms with Crippen molar-refractivity contribution < 1.29 is 9.59 Å². The summed E-state index contributed by atoms with van der Waals surface area (Å²) in [6, 6.07) is 0. The van der Waals surface area contributed by atoms with E-state index in [1.165, 1.54) is 180 Å². The van der Waals surface area contributed by atoms with Crippen molar-refractivity contribution in [3.63, 3.8) is 0 Å². The van der Waals surface area contributed by atoms with Gasteiger partial charge in [-0.2, -0.15) is 0 Å². The van der Waals surface area contributed by atoms with Gasteiger partial charge >= 0.3 is 0 Å². The standard InChI is InChI=1S/C40H74N2O2/c1-3-5-7-9-15-21-27-37-31-32-38(28-22-16-10-8-6-4-2)40(30-24-18-12-14-20-26-34-42-36-44)39(37)29-23-17-11-13-19-25-33-41-35-43/h37-40H,3-34H2,1-2H3. The van der Waals surface area contributed by atoms with E-state index in [4.69, 9.17) is 0 Å². The van der Waals surface area contributed by atoms with Crippen molar-refractivity contribution in [2.24, 2.45) is 33.7 Å². The van der Waals surface area contributed by atoms with Crippen LogP contribution in [0.1, 0.15) is 206 Å². The lowest BCUT2D eigenvalue weighted by molar-refractivity contribution is 0.0581. The largest absolute Gasteiger partial charge is 0.234 e. The van der Waals surface area contributed by atoms with E-state index < -0.39 is 0 Å². The van der Waals surface area contributed by atoms with Gasteiger partial charge in [-0.3, -0.25) is 0 Å². The highest BCUT2D eigenvalue weighted by atomic mass is 16.1. The molecule has 0 N–H and O–H groups in total. The molecule has 1 saturated carbocycles. The molecule has 1 aliphatic rings. The van der Waals surface area contributed by atoms with Crippen molar-refractivity contribution >= 4 is 12.2 Å². The SMILES string of the molecule is CCCCCCCCC1CCC(CCCCCCCC)C(CCCCCCCCN=C=O)C1CCCCCCCCN=C=O. The van der Waals surface area contributed by atoms with E-state index in [0.29, 0.717) is 13.1 Å². The Morgan fingerprint density at radius 3 is 1.05 bits per heavy atom. The number of nitrogens with zero attached hydrogens (tertiary/aromatic N) is 2. The zero-order valence-electron chi connectivity index (χ0n) is 29.6. The van der Waals surface area contributed by atoms with E-state index in [0.717, 1.165) is 36.5 Å². The average molecular weight is 615 g/mol. The molecule has 1 rings (SSSR count). The minimum Gasteiger partial charge on any atom is -0.211 e. The van der Waals surface area contributed by atoms with Gasteiger partial charge in [0.25, 0.3) is 0 Å². The molecule has 1 fully saturated rings. The Kier molecular flexibility index (Phi) is 29.4. The average Bonchev–Trinajstić information content (AvgIpc) is 3.03. The maximum absolute atomic E-state index is 10.3. The van der Waals surface area contributed by atoms with Crippen LogP contribution >= 0.6 is 0 Å². The van der Waals surface area contributed by atoms with E-state index in [1.807, 2.05) is 0 Å². The van der Waals surface area contributed by atoms with Crippen LogP contribution in [-0.4, -0.2) is 25.2 Å². The third-order valence-corrected chi connectivity index (χ3v) is 10.8. The number of isocyanates is 2. The molecule has 44 heavy (non-hydrogen) atoms. The molecular formula is C40H74N2O2. The van der Waals surface area contributed by atoms with Gasteiger partial charge in [-0.15, -0.1) is 0 Å². The van der Waals surface area contributed by atoms with Gasteiger partial charge in [0.15, 0.2) is 0 Å². The molecule has 0 radical (unpaired) electrons. The van der Waals surface area contributed by atoms with E-state index in [1.54, 1.807) is 12.2 Å². The molecule has 0 spiro atoms. The van der Waals surface area contributed by atoms with Crippen LogP contribution in [0.25, 0.3) is 0 Å². The third-order valence-electron chi connectivity index (χ3n) is 10.8. The van der Waals surface area contributed by atoms with E-state index in [-0.39, 0.29) is 0 Å². The molecule has 1 aliphatic carbocycles. The first-order valence-electron chi connectivity index (χ1n) is 19.9. The Morgan fingerprint density at radius 1 is 0.409 bits per heavy atom. The van der Waals surface area contributed by atoms with E-state index in [2.05, 4.69) is 23.8 Å². The van der Waals surface area contributed by atoms with Crippen molar-refractivity contribution in [2.75, 3.05) is 13.1 Å². The number of hydrogen-bond donors (Lipinski definition) is 0. The van der Waals surface area contributed by atoms with E-state index >= 15 is 0 Å². The summed E-state index contributed by atoms with van der Waals surface area (Å²) in [6.45, 7) is 5.95.